The van der Waals surface area contributed by atoms with Gasteiger partial charge in [-0.2, -0.15) is 0 Å². The molecule has 0 aliphatic carbocycles. The lowest BCUT2D eigenvalue weighted by Gasteiger charge is -2.03. The van der Waals surface area contributed by atoms with Gasteiger partial charge in [0.05, 0.1) is 11.9 Å². The number of aliphatic carboxylic acids is 1. The zero-order chi connectivity index (χ0) is 13.1. The van der Waals surface area contributed by atoms with E-state index in [4.69, 9.17) is 9.52 Å². The molecule has 6 nitrogen and oxygen atoms in total. The monoisotopic (exact) mass is 250 g/mol. The van der Waals surface area contributed by atoms with E-state index < -0.39 is 5.97 Å². The predicted octanol–water partition coefficient (Wildman–Crippen LogP) is 0.696. The SMILES string of the molecule is Cn1c(=O)oc2cc(CNCCC(=O)O)ccc21. The van der Waals surface area contributed by atoms with E-state index in [1.165, 1.54) is 4.57 Å². The second-order valence-corrected chi connectivity index (χ2v) is 4.05. The van der Waals surface area contributed by atoms with Gasteiger partial charge < -0.3 is 14.8 Å². The Morgan fingerprint density at radius 2 is 2.28 bits per heavy atom. The topological polar surface area (TPSA) is 84.5 Å². The van der Waals surface area contributed by atoms with Crippen LogP contribution in [0.4, 0.5) is 0 Å². The number of benzene rings is 1. The van der Waals surface area contributed by atoms with Crippen LogP contribution in [0.3, 0.4) is 0 Å². The molecule has 0 saturated heterocycles. The summed E-state index contributed by atoms with van der Waals surface area (Å²) in [4.78, 5) is 21.6. The first-order valence-electron chi connectivity index (χ1n) is 5.59. The third-order valence-electron chi connectivity index (χ3n) is 2.70. The number of aryl methyl sites for hydroxylation is 1. The van der Waals surface area contributed by atoms with Crippen LogP contribution >= 0.6 is 0 Å². The molecule has 2 aromatic rings. The van der Waals surface area contributed by atoms with E-state index in [0.29, 0.717) is 18.7 Å². The fourth-order valence-electron chi connectivity index (χ4n) is 1.72. The molecule has 1 heterocycles. The summed E-state index contributed by atoms with van der Waals surface area (Å²) in [5, 5.41) is 11.5. The van der Waals surface area contributed by atoms with Crippen molar-refractivity contribution in [3.63, 3.8) is 0 Å². The van der Waals surface area contributed by atoms with Crippen LogP contribution in [0.5, 0.6) is 0 Å². The zero-order valence-corrected chi connectivity index (χ0v) is 9.97. The average Bonchev–Trinajstić information content (AvgIpc) is 2.60. The van der Waals surface area contributed by atoms with Crippen molar-refractivity contribution >= 4 is 17.1 Å². The molecule has 0 spiro atoms. The second kappa shape index (κ2) is 5.05. The molecule has 0 bridgehead atoms. The van der Waals surface area contributed by atoms with Crippen LogP contribution in [-0.4, -0.2) is 22.2 Å². The van der Waals surface area contributed by atoms with E-state index >= 15 is 0 Å². The molecular weight excluding hydrogens is 236 g/mol. The summed E-state index contributed by atoms with van der Waals surface area (Å²) in [5.41, 5.74) is 2.23. The van der Waals surface area contributed by atoms with Crippen molar-refractivity contribution in [2.45, 2.75) is 13.0 Å². The molecule has 0 aliphatic heterocycles. The summed E-state index contributed by atoms with van der Waals surface area (Å²) in [7, 11) is 1.65. The van der Waals surface area contributed by atoms with Gasteiger partial charge in [0.1, 0.15) is 0 Å². The van der Waals surface area contributed by atoms with Gasteiger partial charge in [0, 0.05) is 20.1 Å². The fraction of sp³-hybridized carbons (Fsp3) is 0.333. The van der Waals surface area contributed by atoms with Crippen LogP contribution < -0.4 is 11.1 Å². The first-order chi connectivity index (χ1) is 8.58. The van der Waals surface area contributed by atoms with Crippen molar-refractivity contribution in [3.05, 3.63) is 34.3 Å². The first-order valence-corrected chi connectivity index (χ1v) is 5.59. The zero-order valence-electron chi connectivity index (χ0n) is 9.97. The molecular formula is C12H14N2O4. The fourth-order valence-corrected chi connectivity index (χ4v) is 1.72. The molecule has 6 heteroatoms. The number of hydrogen-bond donors (Lipinski definition) is 2. The van der Waals surface area contributed by atoms with Crippen molar-refractivity contribution in [3.8, 4) is 0 Å². The minimum atomic E-state index is -0.827. The molecule has 96 valence electrons. The Labute approximate surface area is 103 Å². The summed E-state index contributed by atoms with van der Waals surface area (Å²) in [6.45, 7) is 0.952. The Balaban J connectivity index is 2.06. The lowest BCUT2D eigenvalue weighted by Crippen LogP contribution is -2.17. The van der Waals surface area contributed by atoms with E-state index in [-0.39, 0.29) is 12.2 Å². The smallest absolute Gasteiger partial charge is 0.419 e. The highest BCUT2D eigenvalue weighted by Gasteiger charge is 2.06. The number of carboxylic acids is 1. The molecule has 1 aromatic carbocycles. The van der Waals surface area contributed by atoms with Crippen LogP contribution in [0.25, 0.3) is 11.1 Å². The third kappa shape index (κ3) is 2.60. The Kier molecular flexibility index (Phi) is 3.47. The number of fused-ring (bicyclic) bond motifs is 1. The molecule has 0 unspecified atom stereocenters. The van der Waals surface area contributed by atoms with E-state index in [2.05, 4.69) is 5.32 Å². The maximum Gasteiger partial charge on any atom is 0.419 e. The highest BCUT2D eigenvalue weighted by Crippen LogP contribution is 2.13. The van der Waals surface area contributed by atoms with Crippen molar-refractivity contribution in [2.75, 3.05) is 6.54 Å². The van der Waals surface area contributed by atoms with E-state index in [1.54, 1.807) is 13.1 Å². The van der Waals surface area contributed by atoms with Crippen LogP contribution in [0.1, 0.15) is 12.0 Å². The molecule has 0 atom stereocenters. The van der Waals surface area contributed by atoms with E-state index in [0.717, 1.165) is 11.1 Å². The maximum absolute atomic E-state index is 11.3. The Bertz CT molecular complexity index is 627. The van der Waals surface area contributed by atoms with Gasteiger partial charge in [-0.15, -0.1) is 0 Å². The number of oxazole rings is 1. The van der Waals surface area contributed by atoms with Gasteiger partial charge in [-0.25, -0.2) is 4.79 Å². The molecule has 0 radical (unpaired) electrons. The number of carboxylic acid groups (broad SMARTS) is 1. The van der Waals surface area contributed by atoms with Crippen LogP contribution in [-0.2, 0) is 18.4 Å². The van der Waals surface area contributed by atoms with Crippen molar-refractivity contribution in [1.29, 1.82) is 0 Å². The first kappa shape index (κ1) is 12.4. The summed E-state index contributed by atoms with van der Waals surface area (Å²) in [5.74, 6) is -1.21. The van der Waals surface area contributed by atoms with Crippen molar-refractivity contribution in [1.82, 2.24) is 9.88 Å². The highest BCUT2D eigenvalue weighted by molar-refractivity contribution is 5.73. The van der Waals surface area contributed by atoms with Gasteiger partial charge in [0.15, 0.2) is 5.58 Å². The molecule has 0 saturated carbocycles. The number of aromatic nitrogens is 1. The van der Waals surface area contributed by atoms with Gasteiger partial charge in [-0.1, -0.05) is 6.07 Å². The van der Waals surface area contributed by atoms with Gasteiger partial charge >= 0.3 is 11.7 Å². The van der Waals surface area contributed by atoms with Gasteiger partial charge in [-0.3, -0.25) is 9.36 Å². The molecule has 0 amide bonds. The highest BCUT2D eigenvalue weighted by atomic mass is 16.4. The average molecular weight is 250 g/mol. The lowest BCUT2D eigenvalue weighted by molar-refractivity contribution is -0.136. The van der Waals surface area contributed by atoms with Crippen LogP contribution in [0, 0.1) is 0 Å². The normalized spacial score (nSPS) is 10.9. The van der Waals surface area contributed by atoms with E-state index in [1.807, 2.05) is 12.1 Å². The molecule has 0 aliphatic rings. The quantitative estimate of drug-likeness (QED) is 0.763. The minimum absolute atomic E-state index is 0.0860. The van der Waals surface area contributed by atoms with Crippen LogP contribution in [0.2, 0.25) is 0 Å². The molecule has 1 aromatic heterocycles. The minimum Gasteiger partial charge on any atom is -0.481 e. The molecule has 0 fully saturated rings. The van der Waals surface area contributed by atoms with Gasteiger partial charge in [-0.05, 0) is 17.7 Å². The molecule has 2 rings (SSSR count). The number of carbonyl (C=O) groups is 1. The van der Waals surface area contributed by atoms with Crippen LogP contribution in [0.15, 0.2) is 27.4 Å². The summed E-state index contributed by atoms with van der Waals surface area (Å²) in [6, 6.07) is 5.48. The largest absolute Gasteiger partial charge is 0.481 e. The van der Waals surface area contributed by atoms with Gasteiger partial charge in [0.2, 0.25) is 0 Å². The van der Waals surface area contributed by atoms with Gasteiger partial charge in [0.25, 0.3) is 0 Å². The van der Waals surface area contributed by atoms with Crippen molar-refractivity contribution in [2.24, 2.45) is 7.05 Å². The number of rotatable bonds is 5. The summed E-state index contributed by atoms with van der Waals surface area (Å²) < 4.78 is 6.51. The Morgan fingerprint density at radius 3 is 3.00 bits per heavy atom. The number of hydrogen-bond acceptors (Lipinski definition) is 4. The number of nitrogens with zero attached hydrogens (tertiary/aromatic N) is 1. The third-order valence-corrected chi connectivity index (χ3v) is 2.70. The van der Waals surface area contributed by atoms with Crippen molar-refractivity contribution < 1.29 is 14.3 Å². The molecule has 2 N–H and O–H groups in total. The number of nitrogens with one attached hydrogen (secondary N) is 1. The van der Waals surface area contributed by atoms with E-state index in [9.17, 15) is 9.59 Å². The second-order valence-electron chi connectivity index (χ2n) is 4.05. The Hall–Kier alpha value is -2.08. The summed E-state index contributed by atoms with van der Waals surface area (Å²) in [6.07, 6.45) is 0.0860. The maximum atomic E-state index is 11.3. The lowest BCUT2D eigenvalue weighted by atomic mass is 10.2. The Morgan fingerprint density at radius 1 is 1.50 bits per heavy atom. The predicted molar refractivity (Wildman–Crippen MR) is 65.4 cm³/mol. The molecule has 18 heavy (non-hydrogen) atoms. The summed E-state index contributed by atoms with van der Waals surface area (Å²) >= 11 is 0. The standard InChI is InChI=1S/C12H14N2O4/c1-14-9-3-2-8(6-10(9)18-12(14)17)7-13-5-4-11(15)16/h2-3,6,13H,4-5,7H2,1H3,(H,15,16).